The minimum absolute atomic E-state index is 0.0100. The third kappa shape index (κ3) is 5.24. The minimum Gasteiger partial charge on any atom is -0.492 e. The fourth-order valence-corrected chi connectivity index (χ4v) is 5.30. The molecular weight excluding hydrogens is 554 g/mol. The molecule has 1 saturated carbocycles. The zero-order chi connectivity index (χ0) is 30.1. The largest absolute Gasteiger partial charge is 0.492 e. The fourth-order valence-electron chi connectivity index (χ4n) is 5.30. The van der Waals surface area contributed by atoms with Crippen LogP contribution in [0.2, 0.25) is 0 Å². The number of methoxy groups -OCH3 is 1. The van der Waals surface area contributed by atoms with Gasteiger partial charge in [-0.1, -0.05) is 12.1 Å². The molecule has 2 aromatic carbocycles. The van der Waals surface area contributed by atoms with E-state index in [0.717, 1.165) is 18.9 Å². The number of halogens is 2. The highest BCUT2D eigenvalue weighted by molar-refractivity contribution is 6.05. The van der Waals surface area contributed by atoms with Crippen LogP contribution < -0.4 is 20.4 Å². The lowest BCUT2D eigenvalue weighted by Gasteiger charge is -2.33. The van der Waals surface area contributed by atoms with Crippen molar-refractivity contribution in [3.05, 3.63) is 85.6 Å². The molecule has 42 heavy (non-hydrogen) atoms. The molecular formula is C29H26F2N4O7. The summed E-state index contributed by atoms with van der Waals surface area (Å²) in [6.07, 6.45) is 3.52. The van der Waals surface area contributed by atoms with Crippen LogP contribution in [-0.2, 0) is 0 Å². The maximum atomic E-state index is 15.7. The highest BCUT2D eigenvalue weighted by Gasteiger charge is 2.32. The molecule has 0 atom stereocenters. The number of piperidine rings is 1. The smallest absolute Gasteiger partial charge is 0.336 e. The number of nitroso groups, excluding NO2 is 1. The van der Waals surface area contributed by atoms with Crippen LogP contribution in [0.1, 0.15) is 62.8 Å². The summed E-state index contributed by atoms with van der Waals surface area (Å²) in [4.78, 5) is 61.6. The molecule has 2 aliphatic rings. The van der Waals surface area contributed by atoms with Crippen molar-refractivity contribution < 1.29 is 33.0 Å². The van der Waals surface area contributed by atoms with E-state index in [9.17, 15) is 29.2 Å². The number of nitrogens with zero attached hydrogens (tertiary/aromatic N) is 3. The van der Waals surface area contributed by atoms with Crippen LogP contribution in [0.25, 0.3) is 10.9 Å². The van der Waals surface area contributed by atoms with Gasteiger partial charge < -0.3 is 24.6 Å². The van der Waals surface area contributed by atoms with Crippen LogP contribution in [0.4, 0.5) is 14.5 Å². The molecule has 2 fully saturated rings. The molecule has 2 amide bonds. The molecule has 11 nitrogen and oxygen atoms in total. The third-order valence-electron chi connectivity index (χ3n) is 7.45. The molecule has 0 radical (unpaired) electrons. The van der Waals surface area contributed by atoms with Crippen molar-refractivity contribution in [3.63, 3.8) is 0 Å². The van der Waals surface area contributed by atoms with Gasteiger partial charge >= 0.3 is 11.9 Å². The number of hydrogen-bond acceptors (Lipinski definition) is 7. The predicted octanol–water partition coefficient (Wildman–Crippen LogP) is 4.34. The fraction of sp³-hybridized carbons (Fsp3) is 0.310. The quantitative estimate of drug-likeness (QED) is 0.374. The van der Waals surface area contributed by atoms with Gasteiger partial charge in [-0.15, -0.1) is 4.91 Å². The second-order valence-electron chi connectivity index (χ2n) is 10.1. The van der Waals surface area contributed by atoms with Crippen molar-refractivity contribution >= 4 is 34.4 Å². The highest BCUT2D eigenvalue weighted by Crippen LogP contribution is 2.44. The first-order valence-corrected chi connectivity index (χ1v) is 13.2. The summed E-state index contributed by atoms with van der Waals surface area (Å²) in [5.74, 6) is -4.72. The SMILES string of the molecule is COc1c(N2CCC/C(=C(\F)CNC(=O)c3ccccc3C(=O)O)C2)c(F)cc2c(=O)c(C(=O)N=O)cn(C3CC3)c12. The van der Waals surface area contributed by atoms with Crippen molar-refractivity contribution in [2.24, 2.45) is 5.18 Å². The van der Waals surface area contributed by atoms with Gasteiger partial charge in [-0.2, -0.15) is 0 Å². The number of aromatic carboxylic acids is 1. The van der Waals surface area contributed by atoms with Crippen LogP contribution in [-0.4, -0.2) is 54.2 Å². The second-order valence-corrected chi connectivity index (χ2v) is 10.1. The van der Waals surface area contributed by atoms with Gasteiger partial charge in [0.1, 0.15) is 17.1 Å². The van der Waals surface area contributed by atoms with Gasteiger partial charge in [0.2, 0.25) is 5.43 Å². The molecule has 1 aliphatic heterocycles. The Morgan fingerprint density at radius 1 is 1.17 bits per heavy atom. The molecule has 1 aliphatic carbocycles. The number of carbonyl (C=O) groups excluding carboxylic acids is 2. The molecule has 5 rings (SSSR count). The molecule has 13 heteroatoms. The van der Waals surface area contributed by atoms with E-state index >= 15 is 8.78 Å². The molecule has 2 N–H and O–H groups in total. The van der Waals surface area contributed by atoms with Gasteiger partial charge in [-0.25, -0.2) is 13.6 Å². The van der Waals surface area contributed by atoms with Gasteiger partial charge in [0.25, 0.3) is 5.91 Å². The number of nitrogens with one attached hydrogen (secondary N) is 1. The highest BCUT2D eigenvalue weighted by atomic mass is 19.1. The third-order valence-corrected chi connectivity index (χ3v) is 7.45. The number of aromatic nitrogens is 1. The molecule has 1 aromatic heterocycles. The number of amides is 2. The first kappa shape index (κ1) is 28.6. The number of carboxylic acids is 1. The van der Waals surface area contributed by atoms with Crippen LogP contribution >= 0.6 is 0 Å². The minimum atomic E-state index is -1.29. The Labute approximate surface area is 237 Å². The van der Waals surface area contributed by atoms with Crippen molar-refractivity contribution in [1.82, 2.24) is 9.88 Å². The van der Waals surface area contributed by atoms with Crippen LogP contribution in [0.3, 0.4) is 0 Å². The van der Waals surface area contributed by atoms with E-state index in [4.69, 9.17) is 4.74 Å². The summed E-state index contributed by atoms with van der Waals surface area (Å²) in [7, 11) is 1.32. The van der Waals surface area contributed by atoms with Crippen LogP contribution in [0.15, 0.2) is 57.9 Å². The van der Waals surface area contributed by atoms with Crippen molar-refractivity contribution in [2.45, 2.75) is 31.7 Å². The Hall–Kier alpha value is -4.94. The van der Waals surface area contributed by atoms with Crippen LogP contribution in [0.5, 0.6) is 5.75 Å². The number of rotatable bonds is 8. The standard InChI is InChI=1S/C29H26F2N4O7/c1-42-26-23-19(25(36)20(28(38)33-41)14-35(23)16-8-9-16)11-21(30)24(26)34-10-4-5-15(13-34)22(31)12-32-27(37)17-6-2-3-7-18(17)29(39)40/h2-3,6-7,11,14,16H,4-5,8-10,12-13H2,1H3,(H,32,37)(H,39,40)/b22-15+. The summed E-state index contributed by atoms with van der Waals surface area (Å²) < 4.78 is 38.3. The number of carbonyl (C=O) groups is 3. The summed E-state index contributed by atoms with van der Waals surface area (Å²) in [6.45, 7) is -0.186. The number of pyridine rings is 1. The predicted molar refractivity (Wildman–Crippen MR) is 148 cm³/mol. The monoisotopic (exact) mass is 580 g/mol. The molecule has 3 aromatic rings. The average Bonchev–Trinajstić information content (AvgIpc) is 3.84. The van der Waals surface area contributed by atoms with Gasteiger partial charge in [-0.05, 0) is 49.5 Å². The van der Waals surface area contributed by atoms with Crippen molar-refractivity contribution in [3.8, 4) is 5.75 Å². The maximum absolute atomic E-state index is 15.7. The first-order valence-electron chi connectivity index (χ1n) is 13.2. The summed E-state index contributed by atoms with van der Waals surface area (Å²) in [5, 5.41) is 13.9. The number of fused-ring (bicyclic) bond motifs is 1. The molecule has 1 saturated heterocycles. The van der Waals surface area contributed by atoms with E-state index in [0.29, 0.717) is 25.0 Å². The topological polar surface area (TPSA) is 147 Å². The van der Waals surface area contributed by atoms with E-state index in [2.05, 4.69) is 10.5 Å². The molecule has 0 bridgehead atoms. The average molecular weight is 581 g/mol. The lowest BCUT2D eigenvalue weighted by molar-refractivity contribution is 0.0691. The number of carboxylic acid groups (broad SMARTS) is 1. The molecule has 0 unspecified atom stereocenters. The summed E-state index contributed by atoms with van der Waals surface area (Å²) >= 11 is 0. The Kier molecular flexibility index (Phi) is 7.83. The Morgan fingerprint density at radius 3 is 2.52 bits per heavy atom. The molecule has 0 spiro atoms. The zero-order valence-corrected chi connectivity index (χ0v) is 22.5. The summed E-state index contributed by atoms with van der Waals surface area (Å²) in [5.41, 5.74) is -1.05. The van der Waals surface area contributed by atoms with E-state index in [-0.39, 0.29) is 46.1 Å². The van der Waals surface area contributed by atoms with Crippen LogP contribution in [0, 0.1) is 10.7 Å². The lowest BCUT2D eigenvalue weighted by Crippen LogP contribution is -2.34. The van der Waals surface area contributed by atoms with Gasteiger partial charge in [0, 0.05) is 30.5 Å². The van der Waals surface area contributed by atoms with Gasteiger partial charge in [-0.3, -0.25) is 14.4 Å². The number of anilines is 1. The van der Waals surface area contributed by atoms with E-state index in [1.165, 1.54) is 37.6 Å². The van der Waals surface area contributed by atoms with E-state index in [1.807, 2.05) is 0 Å². The Balaban J connectivity index is 1.48. The number of ether oxygens (including phenoxy) is 1. The van der Waals surface area contributed by atoms with Crippen molar-refractivity contribution in [1.29, 1.82) is 0 Å². The first-order chi connectivity index (χ1) is 20.2. The molecule has 2 heterocycles. The Bertz CT molecular complexity index is 1730. The van der Waals surface area contributed by atoms with E-state index in [1.54, 1.807) is 9.47 Å². The number of hydrogen-bond donors (Lipinski definition) is 2. The Morgan fingerprint density at radius 2 is 1.88 bits per heavy atom. The van der Waals surface area contributed by atoms with Gasteiger partial charge in [0.15, 0.2) is 11.6 Å². The normalized spacial score (nSPS) is 16.2. The van der Waals surface area contributed by atoms with Gasteiger partial charge in [0.05, 0.1) is 35.7 Å². The lowest BCUT2D eigenvalue weighted by atomic mass is 10.0. The van der Waals surface area contributed by atoms with Crippen molar-refractivity contribution in [2.75, 3.05) is 31.6 Å². The summed E-state index contributed by atoms with van der Waals surface area (Å²) in [6, 6.07) is 6.48. The zero-order valence-electron chi connectivity index (χ0n) is 22.5. The number of benzene rings is 2. The molecule has 218 valence electrons. The van der Waals surface area contributed by atoms with E-state index < -0.39 is 47.0 Å². The maximum Gasteiger partial charge on any atom is 0.336 e. The second kappa shape index (κ2) is 11.5.